The second-order valence-electron chi connectivity index (χ2n) is 9.91. The minimum Gasteiger partial charge on any atom is -0.452 e. The quantitative estimate of drug-likeness (QED) is 0.558. The van der Waals surface area contributed by atoms with Gasteiger partial charge in [0.15, 0.2) is 11.9 Å². The number of nitrogens with zero attached hydrogens (tertiary/aromatic N) is 1. The molecule has 4 aliphatic rings. The van der Waals surface area contributed by atoms with Gasteiger partial charge in [-0.3, -0.25) is 9.59 Å². The van der Waals surface area contributed by atoms with Crippen molar-refractivity contribution in [2.24, 2.45) is 17.3 Å². The molecule has 1 N–H and O–H groups in total. The zero-order valence-electron chi connectivity index (χ0n) is 17.9. The summed E-state index contributed by atoms with van der Waals surface area (Å²) in [4.78, 5) is 30.2. The highest BCUT2D eigenvalue weighted by molar-refractivity contribution is 6.36. The Labute approximate surface area is 197 Å². The minimum absolute atomic E-state index is 0.0383. The van der Waals surface area contributed by atoms with Crippen LogP contribution in [0.5, 0.6) is 0 Å². The number of rotatable bonds is 5. The van der Waals surface area contributed by atoms with E-state index >= 15 is 0 Å². The molecular weight excluding hydrogens is 447 g/mol. The molecule has 4 aliphatic carbocycles. The molecule has 1 heterocycles. The molecule has 1 aromatic heterocycles. The van der Waals surface area contributed by atoms with E-state index in [1.165, 1.54) is 24.2 Å². The maximum absolute atomic E-state index is 13.5. The Morgan fingerprint density at radius 2 is 1.81 bits per heavy atom. The number of hydrogen-bond donors (Lipinski definition) is 1. The van der Waals surface area contributed by atoms with Gasteiger partial charge in [0.1, 0.15) is 0 Å². The molecule has 32 heavy (non-hydrogen) atoms. The summed E-state index contributed by atoms with van der Waals surface area (Å²) in [5, 5.41) is 3.24. The number of halogens is 2. The summed E-state index contributed by atoms with van der Waals surface area (Å²) in [6, 6.07) is 12.1. The molecule has 4 saturated carbocycles. The van der Waals surface area contributed by atoms with Crippen LogP contribution in [0.15, 0.2) is 42.6 Å². The third-order valence-corrected chi connectivity index (χ3v) is 8.08. The summed E-state index contributed by atoms with van der Waals surface area (Å²) < 4.78 is 5.77. The zero-order chi connectivity index (χ0) is 22.5. The third kappa shape index (κ3) is 3.80. The van der Waals surface area contributed by atoms with E-state index in [9.17, 15) is 9.59 Å². The predicted octanol–water partition coefficient (Wildman–Crippen LogP) is 5.80. The molecule has 1 aromatic carbocycles. The number of aromatic nitrogens is 1. The van der Waals surface area contributed by atoms with Crippen molar-refractivity contribution >= 4 is 40.9 Å². The Hall–Kier alpha value is -2.11. The van der Waals surface area contributed by atoms with Gasteiger partial charge in [-0.2, -0.15) is 0 Å². The summed E-state index contributed by atoms with van der Waals surface area (Å²) in [5.74, 6) is 0.555. The first kappa shape index (κ1) is 21.7. The number of anilines is 1. The van der Waals surface area contributed by atoms with Crippen LogP contribution in [0, 0.1) is 17.3 Å². The van der Waals surface area contributed by atoms with Crippen molar-refractivity contribution in [2.45, 2.75) is 57.0 Å². The maximum atomic E-state index is 13.5. The van der Waals surface area contributed by atoms with Crippen molar-refractivity contribution in [3.8, 4) is 0 Å². The smallest absolute Gasteiger partial charge is 0.312 e. The Balaban J connectivity index is 1.32. The van der Waals surface area contributed by atoms with Crippen LogP contribution in [-0.2, 0) is 19.7 Å². The molecular formula is C25H26Cl2N2O3. The normalized spacial score (nSPS) is 31.2. The summed E-state index contributed by atoms with van der Waals surface area (Å²) in [6.45, 7) is 1.59. The highest BCUT2D eigenvalue weighted by Gasteiger charge is 2.61. The standard InChI is InChI=1S/C25H26Cl2N2O3/c1-15(22(30)29-21-20(27)8-19(26)13-28-21)32-23(31)25-11-16-7-17(12-25)10-24(9-16,14-25)18-5-3-2-4-6-18/h2-6,8,13,15-17H,7,9-12,14H2,1H3,(H,28,29,30). The third-order valence-electron chi connectivity index (χ3n) is 7.58. The fourth-order valence-electron chi connectivity index (χ4n) is 6.69. The van der Waals surface area contributed by atoms with Crippen molar-refractivity contribution in [2.75, 3.05) is 5.32 Å². The van der Waals surface area contributed by atoms with Crippen LogP contribution in [0.2, 0.25) is 10.0 Å². The SMILES string of the molecule is CC(OC(=O)C12CC3CC(C1)CC(c1ccccc1)(C3)C2)C(=O)Nc1ncc(Cl)cc1Cl. The van der Waals surface area contributed by atoms with Crippen LogP contribution in [0.3, 0.4) is 0 Å². The first-order valence-corrected chi connectivity index (χ1v) is 11.9. The van der Waals surface area contributed by atoms with Gasteiger partial charge in [0.25, 0.3) is 5.91 Å². The molecule has 0 saturated heterocycles. The number of hydrogen-bond acceptors (Lipinski definition) is 4. The Morgan fingerprint density at radius 3 is 2.47 bits per heavy atom. The van der Waals surface area contributed by atoms with Crippen LogP contribution in [0.1, 0.15) is 51.0 Å². The molecule has 6 rings (SSSR count). The first-order chi connectivity index (χ1) is 15.3. The zero-order valence-corrected chi connectivity index (χ0v) is 19.5. The Kier molecular flexibility index (Phi) is 5.45. The first-order valence-electron chi connectivity index (χ1n) is 11.2. The van der Waals surface area contributed by atoms with Gasteiger partial charge >= 0.3 is 5.97 Å². The van der Waals surface area contributed by atoms with Gasteiger partial charge in [-0.15, -0.1) is 0 Å². The minimum atomic E-state index is -0.947. The van der Waals surface area contributed by atoms with Crippen LogP contribution in [0.25, 0.3) is 0 Å². The predicted molar refractivity (Wildman–Crippen MR) is 124 cm³/mol. The number of benzene rings is 1. The number of nitrogens with one attached hydrogen (secondary N) is 1. The van der Waals surface area contributed by atoms with E-state index in [0.29, 0.717) is 16.9 Å². The van der Waals surface area contributed by atoms with E-state index in [0.717, 1.165) is 32.1 Å². The van der Waals surface area contributed by atoms with Gasteiger partial charge in [-0.25, -0.2) is 4.98 Å². The van der Waals surface area contributed by atoms with Gasteiger partial charge in [0.05, 0.1) is 15.5 Å². The lowest BCUT2D eigenvalue weighted by Gasteiger charge is -2.61. The second-order valence-corrected chi connectivity index (χ2v) is 10.8. The van der Waals surface area contributed by atoms with Crippen molar-refractivity contribution in [3.63, 3.8) is 0 Å². The van der Waals surface area contributed by atoms with Gasteiger partial charge in [-0.05, 0) is 74.3 Å². The number of carbonyl (C=O) groups is 2. The molecule has 5 nitrogen and oxygen atoms in total. The van der Waals surface area contributed by atoms with Crippen molar-refractivity contribution in [3.05, 3.63) is 58.2 Å². The van der Waals surface area contributed by atoms with E-state index in [4.69, 9.17) is 27.9 Å². The molecule has 4 fully saturated rings. The summed E-state index contributed by atoms with van der Waals surface area (Å²) in [7, 11) is 0. The van der Waals surface area contributed by atoms with Crippen LogP contribution < -0.4 is 5.32 Å². The Morgan fingerprint density at radius 1 is 1.12 bits per heavy atom. The van der Waals surface area contributed by atoms with E-state index in [1.807, 2.05) is 6.07 Å². The highest BCUT2D eigenvalue weighted by Crippen LogP contribution is 2.66. The lowest BCUT2D eigenvalue weighted by atomic mass is 9.43. The molecule has 1 amide bonds. The number of amides is 1. The fourth-order valence-corrected chi connectivity index (χ4v) is 7.12. The lowest BCUT2D eigenvalue weighted by molar-refractivity contribution is -0.180. The number of esters is 1. The monoisotopic (exact) mass is 472 g/mol. The number of pyridine rings is 1. The molecule has 0 aliphatic heterocycles. The molecule has 3 atom stereocenters. The van der Waals surface area contributed by atoms with Gasteiger partial charge in [0.2, 0.25) is 0 Å². The van der Waals surface area contributed by atoms with E-state index in [1.54, 1.807) is 6.92 Å². The lowest BCUT2D eigenvalue weighted by Crippen LogP contribution is -2.57. The number of ether oxygens (including phenoxy) is 1. The van der Waals surface area contributed by atoms with Crippen LogP contribution in [0.4, 0.5) is 5.82 Å². The Bertz CT molecular complexity index is 1040. The maximum Gasteiger partial charge on any atom is 0.312 e. The van der Waals surface area contributed by atoms with Crippen molar-refractivity contribution in [1.29, 1.82) is 0 Å². The summed E-state index contributed by atoms with van der Waals surface area (Å²) in [6.07, 6.45) is 6.44. The average Bonchev–Trinajstić information content (AvgIpc) is 2.75. The highest BCUT2D eigenvalue weighted by atomic mass is 35.5. The van der Waals surface area contributed by atoms with E-state index in [2.05, 4.69) is 34.6 Å². The number of carbonyl (C=O) groups excluding carboxylic acids is 2. The largest absolute Gasteiger partial charge is 0.452 e. The molecule has 7 heteroatoms. The summed E-state index contributed by atoms with van der Waals surface area (Å²) in [5.41, 5.74) is 0.863. The molecule has 3 unspecified atom stereocenters. The molecule has 4 bridgehead atoms. The van der Waals surface area contributed by atoms with Crippen LogP contribution >= 0.6 is 23.2 Å². The van der Waals surface area contributed by atoms with Crippen molar-refractivity contribution in [1.82, 2.24) is 4.98 Å². The van der Waals surface area contributed by atoms with Gasteiger partial charge in [-0.1, -0.05) is 53.5 Å². The average molecular weight is 473 g/mol. The van der Waals surface area contributed by atoms with Crippen molar-refractivity contribution < 1.29 is 14.3 Å². The van der Waals surface area contributed by atoms with E-state index < -0.39 is 17.4 Å². The second kappa shape index (κ2) is 8.03. The van der Waals surface area contributed by atoms with Gasteiger partial charge in [0, 0.05) is 6.20 Å². The van der Waals surface area contributed by atoms with E-state index in [-0.39, 0.29) is 22.2 Å². The van der Waals surface area contributed by atoms with Crippen LogP contribution in [-0.4, -0.2) is 23.0 Å². The molecule has 0 spiro atoms. The summed E-state index contributed by atoms with van der Waals surface area (Å²) >= 11 is 12.0. The fraction of sp³-hybridized carbons (Fsp3) is 0.480. The van der Waals surface area contributed by atoms with Gasteiger partial charge < -0.3 is 10.1 Å². The molecule has 168 valence electrons. The topological polar surface area (TPSA) is 68.3 Å². The molecule has 2 aromatic rings. The molecule has 0 radical (unpaired) electrons.